The minimum atomic E-state index is -0.477. The van der Waals surface area contributed by atoms with Gasteiger partial charge in [0.15, 0.2) is 0 Å². The highest BCUT2D eigenvalue weighted by Gasteiger charge is 2.25. The predicted molar refractivity (Wildman–Crippen MR) is 70.3 cm³/mol. The molecular weight excluding hydrogens is 232 g/mol. The summed E-state index contributed by atoms with van der Waals surface area (Å²) in [5, 5.41) is 16.0. The second-order valence-electron chi connectivity index (χ2n) is 4.98. The van der Waals surface area contributed by atoms with Gasteiger partial charge in [0.2, 0.25) is 0 Å². The minimum absolute atomic E-state index is 0.0226. The van der Waals surface area contributed by atoms with Crippen molar-refractivity contribution < 1.29 is 9.90 Å². The van der Waals surface area contributed by atoms with Gasteiger partial charge >= 0.3 is 0 Å². The molecule has 18 heavy (non-hydrogen) atoms. The van der Waals surface area contributed by atoms with Crippen molar-refractivity contribution in [2.24, 2.45) is 0 Å². The largest absolute Gasteiger partial charge is 0.396 e. The number of aromatic nitrogens is 2. The zero-order valence-corrected chi connectivity index (χ0v) is 11.4. The Morgan fingerprint density at radius 2 is 2.17 bits per heavy atom. The van der Waals surface area contributed by atoms with Gasteiger partial charge in [-0.15, -0.1) is 0 Å². The SMILES string of the molecule is CCn1nc(C)c(N)c1C(=O)NC(C)(C)CCO. The highest BCUT2D eigenvalue weighted by Crippen LogP contribution is 2.18. The molecule has 4 N–H and O–H groups in total. The van der Waals surface area contributed by atoms with E-state index in [1.807, 2.05) is 20.8 Å². The number of nitrogen functional groups attached to an aromatic ring is 1. The molecule has 0 aliphatic carbocycles. The molecule has 1 heterocycles. The number of hydrogen-bond donors (Lipinski definition) is 3. The van der Waals surface area contributed by atoms with Crippen LogP contribution < -0.4 is 11.1 Å². The van der Waals surface area contributed by atoms with Crippen LogP contribution in [0.4, 0.5) is 5.69 Å². The van der Waals surface area contributed by atoms with Gasteiger partial charge in [-0.1, -0.05) is 0 Å². The van der Waals surface area contributed by atoms with E-state index in [1.165, 1.54) is 0 Å². The number of anilines is 1. The van der Waals surface area contributed by atoms with Crippen molar-refractivity contribution in [1.29, 1.82) is 0 Å². The molecule has 0 atom stereocenters. The van der Waals surface area contributed by atoms with Crippen molar-refractivity contribution >= 4 is 11.6 Å². The standard InChI is InChI=1S/C12H22N4O2/c1-5-16-10(9(13)8(2)15-16)11(18)14-12(3,4)6-7-17/h17H,5-7,13H2,1-4H3,(H,14,18). The number of rotatable bonds is 5. The zero-order chi connectivity index (χ0) is 13.9. The molecule has 1 aromatic rings. The first-order chi connectivity index (χ1) is 8.32. The Morgan fingerprint density at radius 1 is 1.56 bits per heavy atom. The molecule has 0 saturated carbocycles. The van der Waals surface area contributed by atoms with Gasteiger partial charge in [-0.05, 0) is 34.1 Å². The Morgan fingerprint density at radius 3 is 2.67 bits per heavy atom. The van der Waals surface area contributed by atoms with Crippen molar-refractivity contribution in [1.82, 2.24) is 15.1 Å². The maximum Gasteiger partial charge on any atom is 0.272 e. The van der Waals surface area contributed by atoms with Crippen molar-refractivity contribution in [3.8, 4) is 0 Å². The quantitative estimate of drug-likeness (QED) is 0.720. The normalized spacial score (nSPS) is 11.6. The first kappa shape index (κ1) is 14.5. The summed E-state index contributed by atoms with van der Waals surface area (Å²) in [6.45, 7) is 8.00. The maximum absolute atomic E-state index is 12.2. The van der Waals surface area contributed by atoms with Crippen LogP contribution in [0.25, 0.3) is 0 Å². The number of aliphatic hydroxyl groups is 1. The third kappa shape index (κ3) is 3.01. The van der Waals surface area contributed by atoms with Crippen LogP contribution >= 0.6 is 0 Å². The monoisotopic (exact) mass is 254 g/mol. The molecule has 1 aromatic heterocycles. The Bertz CT molecular complexity index is 438. The van der Waals surface area contributed by atoms with Crippen LogP contribution in [0.5, 0.6) is 0 Å². The lowest BCUT2D eigenvalue weighted by atomic mass is 10.0. The third-order valence-corrected chi connectivity index (χ3v) is 2.88. The van der Waals surface area contributed by atoms with E-state index < -0.39 is 5.54 Å². The molecule has 1 rings (SSSR count). The summed E-state index contributed by atoms with van der Waals surface area (Å²) in [5.74, 6) is -0.256. The molecule has 0 aliphatic rings. The minimum Gasteiger partial charge on any atom is -0.396 e. The van der Waals surface area contributed by atoms with E-state index in [4.69, 9.17) is 10.8 Å². The van der Waals surface area contributed by atoms with Crippen LogP contribution in [0.3, 0.4) is 0 Å². The third-order valence-electron chi connectivity index (χ3n) is 2.88. The van der Waals surface area contributed by atoms with E-state index in [9.17, 15) is 4.79 Å². The van der Waals surface area contributed by atoms with Crippen LogP contribution in [-0.4, -0.2) is 32.9 Å². The number of amides is 1. The van der Waals surface area contributed by atoms with Crippen molar-refractivity contribution in [3.05, 3.63) is 11.4 Å². The van der Waals surface area contributed by atoms with Crippen LogP contribution in [0, 0.1) is 6.92 Å². The van der Waals surface area contributed by atoms with Crippen LogP contribution in [-0.2, 0) is 6.54 Å². The molecule has 0 aliphatic heterocycles. The summed E-state index contributed by atoms with van der Waals surface area (Å²) < 4.78 is 1.59. The molecule has 0 saturated heterocycles. The van der Waals surface area contributed by atoms with E-state index in [1.54, 1.807) is 11.6 Å². The fraction of sp³-hybridized carbons (Fsp3) is 0.667. The number of carbonyl (C=O) groups excluding carboxylic acids is 1. The first-order valence-electron chi connectivity index (χ1n) is 6.08. The van der Waals surface area contributed by atoms with Crippen molar-refractivity contribution in [2.75, 3.05) is 12.3 Å². The summed E-state index contributed by atoms with van der Waals surface area (Å²) >= 11 is 0. The van der Waals surface area contributed by atoms with E-state index in [2.05, 4.69) is 10.4 Å². The van der Waals surface area contributed by atoms with Gasteiger partial charge in [-0.3, -0.25) is 9.48 Å². The number of hydrogen-bond acceptors (Lipinski definition) is 4. The fourth-order valence-corrected chi connectivity index (χ4v) is 1.77. The van der Waals surface area contributed by atoms with E-state index in [0.717, 1.165) is 0 Å². The lowest BCUT2D eigenvalue weighted by molar-refractivity contribution is 0.0889. The molecular formula is C12H22N4O2. The van der Waals surface area contributed by atoms with E-state index in [0.29, 0.717) is 30.0 Å². The van der Waals surface area contributed by atoms with Gasteiger partial charge in [0.05, 0.1) is 11.4 Å². The predicted octanol–water partition coefficient (Wildman–Crippen LogP) is 0.684. The van der Waals surface area contributed by atoms with Gasteiger partial charge < -0.3 is 16.2 Å². The van der Waals surface area contributed by atoms with E-state index in [-0.39, 0.29) is 12.5 Å². The smallest absolute Gasteiger partial charge is 0.272 e. The van der Waals surface area contributed by atoms with Gasteiger partial charge in [0.25, 0.3) is 5.91 Å². The van der Waals surface area contributed by atoms with Gasteiger partial charge in [-0.25, -0.2) is 0 Å². The lowest BCUT2D eigenvalue weighted by Crippen LogP contribution is -2.44. The Labute approximate surface area is 107 Å². The second-order valence-corrected chi connectivity index (χ2v) is 4.98. The molecule has 0 spiro atoms. The number of aryl methyl sites for hydroxylation is 2. The van der Waals surface area contributed by atoms with Gasteiger partial charge in [0.1, 0.15) is 5.69 Å². The van der Waals surface area contributed by atoms with Crippen LogP contribution in [0.2, 0.25) is 0 Å². The molecule has 0 aromatic carbocycles. The van der Waals surface area contributed by atoms with Crippen LogP contribution in [0.1, 0.15) is 43.4 Å². The zero-order valence-electron chi connectivity index (χ0n) is 11.4. The van der Waals surface area contributed by atoms with Crippen molar-refractivity contribution in [3.63, 3.8) is 0 Å². The summed E-state index contributed by atoms with van der Waals surface area (Å²) in [6, 6.07) is 0. The number of nitrogens with one attached hydrogen (secondary N) is 1. The summed E-state index contributed by atoms with van der Waals surface area (Å²) in [7, 11) is 0. The molecule has 102 valence electrons. The molecule has 6 nitrogen and oxygen atoms in total. The van der Waals surface area contributed by atoms with Gasteiger partial charge in [0, 0.05) is 18.7 Å². The Kier molecular flexibility index (Phi) is 4.34. The highest BCUT2D eigenvalue weighted by molar-refractivity contribution is 5.98. The molecule has 0 unspecified atom stereocenters. The first-order valence-corrected chi connectivity index (χ1v) is 6.08. The number of nitrogens with zero attached hydrogens (tertiary/aromatic N) is 2. The average molecular weight is 254 g/mol. The van der Waals surface area contributed by atoms with Crippen LogP contribution in [0.15, 0.2) is 0 Å². The Balaban J connectivity index is 2.97. The van der Waals surface area contributed by atoms with E-state index >= 15 is 0 Å². The molecule has 0 radical (unpaired) electrons. The maximum atomic E-state index is 12.2. The fourth-order valence-electron chi connectivity index (χ4n) is 1.77. The topological polar surface area (TPSA) is 93.2 Å². The number of carbonyl (C=O) groups is 1. The van der Waals surface area contributed by atoms with Crippen molar-refractivity contribution in [2.45, 2.75) is 46.2 Å². The molecule has 6 heteroatoms. The Hall–Kier alpha value is -1.56. The molecule has 0 fully saturated rings. The second kappa shape index (κ2) is 5.39. The van der Waals surface area contributed by atoms with Gasteiger partial charge in [-0.2, -0.15) is 5.10 Å². The molecule has 1 amide bonds. The summed E-state index contributed by atoms with van der Waals surface area (Å²) in [4.78, 5) is 12.2. The lowest BCUT2D eigenvalue weighted by Gasteiger charge is -2.25. The molecule has 0 bridgehead atoms. The summed E-state index contributed by atoms with van der Waals surface area (Å²) in [5.41, 5.74) is 6.86. The summed E-state index contributed by atoms with van der Waals surface area (Å²) in [6.07, 6.45) is 0.484. The number of aliphatic hydroxyl groups excluding tert-OH is 1. The number of nitrogens with two attached hydrogens (primary N) is 1. The average Bonchev–Trinajstić information content (AvgIpc) is 2.54. The highest BCUT2D eigenvalue weighted by atomic mass is 16.3.